The van der Waals surface area contributed by atoms with Crippen LogP contribution >= 0.6 is 11.8 Å². The summed E-state index contributed by atoms with van der Waals surface area (Å²) in [6.45, 7) is 9.31. The van der Waals surface area contributed by atoms with Gasteiger partial charge >= 0.3 is 0 Å². The van der Waals surface area contributed by atoms with Crippen molar-refractivity contribution >= 4 is 11.8 Å². The lowest BCUT2D eigenvalue weighted by atomic mass is 9.89. The van der Waals surface area contributed by atoms with Crippen LogP contribution in [0, 0.1) is 0 Å². The molecule has 2 atom stereocenters. The van der Waals surface area contributed by atoms with Crippen molar-refractivity contribution in [1.29, 1.82) is 0 Å². The van der Waals surface area contributed by atoms with Gasteiger partial charge in [0.05, 0.1) is 13.2 Å². The van der Waals surface area contributed by atoms with E-state index in [-0.39, 0.29) is 5.79 Å². The van der Waals surface area contributed by atoms with Crippen LogP contribution in [0.5, 0.6) is 0 Å². The molecule has 17 heavy (non-hydrogen) atoms. The van der Waals surface area contributed by atoms with Crippen LogP contribution in [-0.2, 0) is 9.47 Å². The Balaban J connectivity index is 1.98. The van der Waals surface area contributed by atoms with Gasteiger partial charge in [0.1, 0.15) is 0 Å². The predicted octanol–water partition coefficient (Wildman–Crippen LogP) is 2.40. The molecule has 0 radical (unpaired) electrons. The second-order valence-electron chi connectivity index (χ2n) is 5.24. The Morgan fingerprint density at radius 1 is 1.35 bits per heavy atom. The highest BCUT2D eigenvalue weighted by molar-refractivity contribution is 8.00. The largest absolute Gasteiger partial charge is 0.347 e. The van der Waals surface area contributed by atoms with Gasteiger partial charge in [0.2, 0.25) is 0 Å². The molecule has 1 spiro atoms. The first-order chi connectivity index (χ1) is 8.15. The van der Waals surface area contributed by atoms with Crippen molar-refractivity contribution in [3.8, 4) is 0 Å². The zero-order valence-electron chi connectivity index (χ0n) is 11.2. The molecule has 2 unspecified atom stereocenters. The van der Waals surface area contributed by atoms with E-state index >= 15 is 0 Å². The van der Waals surface area contributed by atoms with Crippen LogP contribution in [0.3, 0.4) is 0 Å². The Bertz CT molecular complexity index is 242. The zero-order valence-corrected chi connectivity index (χ0v) is 12.0. The lowest BCUT2D eigenvalue weighted by Crippen LogP contribution is -2.50. The molecular weight excluding hydrogens is 234 g/mol. The molecule has 0 aromatic carbocycles. The summed E-state index contributed by atoms with van der Waals surface area (Å²) in [6, 6.07) is 0.617. The van der Waals surface area contributed by atoms with Gasteiger partial charge in [-0.25, -0.2) is 0 Å². The summed E-state index contributed by atoms with van der Waals surface area (Å²) in [5, 5.41) is 4.89. The fourth-order valence-electron chi connectivity index (χ4n) is 2.86. The van der Waals surface area contributed by atoms with E-state index in [2.05, 4.69) is 37.8 Å². The van der Waals surface area contributed by atoms with Crippen LogP contribution < -0.4 is 5.32 Å². The lowest BCUT2D eigenvalue weighted by Gasteiger charge is -2.41. The van der Waals surface area contributed by atoms with Crippen molar-refractivity contribution in [3.63, 3.8) is 0 Å². The Labute approximate surface area is 109 Å². The molecule has 3 nitrogen and oxygen atoms in total. The van der Waals surface area contributed by atoms with E-state index in [1.807, 2.05) is 0 Å². The summed E-state index contributed by atoms with van der Waals surface area (Å²) in [5.41, 5.74) is 0. The van der Waals surface area contributed by atoms with Crippen molar-refractivity contribution in [2.24, 2.45) is 0 Å². The van der Waals surface area contributed by atoms with E-state index in [0.717, 1.165) is 39.0 Å². The van der Waals surface area contributed by atoms with E-state index in [4.69, 9.17) is 9.47 Å². The van der Waals surface area contributed by atoms with Gasteiger partial charge in [-0.15, -0.1) is 0 Å². The van der Waals surface area contributed by atoms with Gasteiger partial charge in [-0.2, -0.15) is 11.8 Å². The maximum Gasteiger partial charge on any atom is 0.169 e. The van der Waals surface area contributed by atoms with Crippen molar-refractivity contribution in [3.05, 3.63) is 0 Å². The van der Waals surface area contributed by atoms with E-state index in [1.165, 1.54) is 0 Å². The quantitative estimate of drug-likeness (QED) is 0.840. The van der Waals surface area contributed by atoms with Gasteiger partial charge in [0.15, 0.2) is 5.79 Å². The van der Waals surface area contributed by atoms with Crippen molar-refractivity contribution in [1.82, 2.24) is 5.32 Å². The smallest absolute Gasteiger partial charge is 0.169 e. The molecule has 2 fully saturated rings. The number of ether oxygens (including phenoxy) is 2. The maximum atomic E-state index is 5.86. The van der Waals surface area contributed by atoms with Crippen LogP contribution in [0.2, 0.25) is 0 Å². The highest BCUT2D eigenvalue weighted by Gasteiger charge is 2.45. The van der Waals surface area contributed by atoms with Crippen LogP contribution in [-0.4, -0.2) is 42.1 Å². The molecule has 1 N–H and O–H groups in total. The minimum Gasteiger partial charge on any atom is -0.347 e. The molecule has 1 heterocycles. The highest BCUT2D eigenvalue weighted by Crippen LogP contribution is 2.41. The summed E-state index contributed by atoms with van der Waals surface area (Å²) in [7, 11) is 0. The molecule has 2 rings (SSSR count). The normalized spacial score (nSPS) is 32.5. The SMILES string of the molecule is CCNC1CCC2(CC1SC(C)C)OCCO2. The molecule has 4 heteroatoms. The van der Waals surface area contributed by atoms with Crippen molar-refractivity contribution in [2.75, 3.05) is 19.8 Å². The van der Waals surface area contributed by atoms with E-state index in [1.54, 1.807) is 0 Å². The summed E-state index contributed by atoms with van der Waals surface area (Å²) in [4.78, 5) is 0. The van der Waals surface area contributed by atoms with Gasteiger partial charge in [-0.1, -0.05) is 20.8 Å². The molecule has 1 aliphatic heterocycles. The Morgan fingerprint density at radius 3 is 2.65 bits per heavy atom. The minimum atomic E-state index is -0.252. The first-order valence-electron chi connectivity index (χ1n) is 6.82. The van der Waals surface area contributed by atoms with Crippen LogP contribution in [0.25, 0.3) is 0 Å². The number of rotatable bonds is 4. The van der Waals surface area contributed by atoms with Crippen LogP contribution in [0.4, 0.5) is 0 Å². The van der Waals surface area contributed by atoms with E-state index in [9.17, 15) is 0 Å². The molecular formula is C13H25NO2S. The Hall–Kier alpha value is 0.230. The van der Waals surface area contributed by atoms with Crippen molar-refractivity contribution in [2.45, 2.75) is 62.4 Å². The molecule has 0 aromatic heterocycles. The number of hydrogen-bond acceptors (Lipinski definition) is 4. The third-order valence-corrected chi connectivity index (χ3v) is 4.91. The lowest BCUT2D eigenvalue weighted by molar-refractivity contribution is -0.178. The maximum absolute atomic E-state index is 5.86. The molecule has 1 saturated heterocycles. The summed E-state index contributed by atoms with van der Waals surface area (Å²) < 4.78 is 11.7. The van der Waals surface area contributed by atoms with Crippen LogP contribution in [0.1, 0.15) is 40.0 Å². The molecule has 1 saturated carbocycles. The number of thioether (sulfide) groups is 1. The second kappa shape index (κ2) is 5.91. The number of hydrogen-bond donors (Lipinski definition) is 1. The summed E-state index contributed by atoms with van der Waals surface area (Å²) in [5.74, 6) is -0.252. The monoisotopic (exact) mass is 259 g/mol. The Kier molecular flexibility index (Phi) is 4.75. The third-order valence-electron chi connectivity index (χ3n) is 3.52. The summed E-state index contributed by atoms with van der Waals surface area (Å²) >= 11 is 2.06. The fraction of sp³-hybridized carbons (Fsp3) is 1.00. The second-order valence-corrected chi connectivity index (χ2v) is 7.06. The van der Waals surface area contributed by atoms with E-state index < -0.39 is 0 Å². The molecule has 0 bridgehead atoms. The first-order valence-corrected chi connectivity index (χ1v) is 7.76. The molecule has 100 valence electrons. The highest BCUT2D eigenvalue weighted by atomic mass is 32.2. The summed E-state index contributed by atoms with van der Waals surface area (Å²) in [6.07, 6.45) is 3.24. The minimum absolute atomic E-state index is 0.252. The number of nitrogens with one attached hydrogen (secondary N) is 1. The van der Waals surface area contributed by atoms with E-state index in [0.29, 0.717) is 16.5 Å². The van der Waals surface area contributed by atoms with Crippen molar-refractivity contribution < 1.29 is 9.47 Å². The average molecular weight is 259 g/mol. The standard InChI is InChI=1S/C13H25NO2S/c1-4-14-11-5-6-13(15-7-8-16-13)9-12(11)17-10(2)3/h10-12,14H,4-9H2,1-3H3. The molecule has 0 aromatic rings. The molecule has 1 aliphatic carbocycles. The van der Waals surface area contributed by atoms with Gasteiger partial charge < -0.3 is 14.8 Å². The molecule has 0 amide bonds. The zero-order chi connectivity index (χ0) is 12.3. The first kappa shape index (κ1) is 13.7. The average Bonchev–Trinajstić information content (AvgIpc) is 2.70. The Morgan fingerprint density at radius 2 is 2.06 bits per heavy atom. The van der Waals surface area contributed by atoms with Gasteiger partial charge in [-0.05, 0) is 18.2 Å². The van der Waals surface area contributed by atoms with Gasteiger partial charge in [-0.3, -0.25) is 0 Å². The third kappa shape index (κ3) is 3.37. The van der Waals surface area contributed by atoms with Crippen LogP contribution in [0.15, 0.2) is 0 Å². The van der Waals surface area contributed by atoms with Gasteiger partial charge in [0, 0.05) is 24.1 Å². The van der Waals surface area contributed by atoms with Gasteiger partial charge in [0.25, 0.3) is 0 Å². The topological polar surface area (TPSA) is 30.5 Å². The predicted molar refractivity (Wildman–Crippen MR) is 72.5 cm³/mol. The fourth-order valence-corrected chi connectivity index (χ4v) is 4.33. The molecule has 2 aliphatic rings.